The van der Waals surface area contributed by atoms with Crippen molar-refractivity contribution >= 4 is 86.2 Å². The number of furan rings is 1. The molecule has 8 aromatic carbocycles. The second kappa shape index (κ2) is 11.7. The average molecular weight is 720 g/mol. The van der Waals surface area contributed by atoms with Gasteiger partial charge in [-0.25, -0.2) is 4.98 Å². The normalized spacial score (nSPS) is 12.0. The summed E-state index contributed by atoms with van der Waals surface area (Å²) in [7, 11) is 0. The van der Waals surface area contributed by atoms with Gasteiger partial charge in [-0.2, -0.15) is 4.98 Å². The van der Waals surface area contributed by atoms with Crippen LogP contribution in [0.25, 0.3) is 114 Å². The summed E-state index contributed by atoms with van der Waals surface area (Å²) in [5.74, 6) is 0.630. The third-order valence-corrected chi connectivity index (χ3v) is 12.2. The highest BCUT2D eigenvalue weighted by Gasteiger charge is 2.22. The second-order valence-electron chi connectivity index (χ2n) is 14.1. The summed E-state index contributed by atoms with van der Waals surface area (Å²) in [6.07, 6.45) is 0. The molecule has 4 heterocycles. The van der Waals surface area contributed by atoms with Crippen molar-refractivity contribution in [3.05, 3.63) is 176 Å². The van der Waals surface area contributed by atoms with Crippen molar-refractivity contribution in [2.45, 2.75) is 0 Å². The topological polar surface area (TPSA) is 43.9 Å². The fourth-order valence-electron chi connectivity index (χ4n) is 8.55. The van der Waals surface area contributed by atoms with E-state index in [4.69, 9.17) is 14.4 Å². The Bertz CT molecular complexity index is 3480. The summed E-state index contributed by atoms with van der Waals surface area (Å²) >= 11 is 1.79. The van der Waals surface area contributed by atoms with Crippen molar-refractivity contribution in [1.82, 2.24) is 14.5 Å². The molecular formula is C50H29N3OS. The fourth-order valence-corrected chi connectivity index (χ4v) is 9.66. The molecule has 0 radical (unpaired) electrons. The highest BCUT2D eigenvalue weighted by molar-refractivity contribution is 7.25. The molecule has 0 spiro atoms. The molecule has 0 N–H and O–H groups in total. The third kappa shape index (κ3) is 4.57. The van der Waals surface area contributed by atoms with E-state index in [0.717, 1.165) is 49.8 Å². The van der Waals surface area contributed by atoms with Gasteiger partial charge in [-0.05, 0) is 52.7 Å². The predicted molar refractivity (Wildman–Crippen MR) is 230 cm³/mol. The predicted octanol–water partition coefficient (Wildman–Crippen LogP) is 14.0. The lowest BCUT2D eigenvalue weighted by Gasteiger charge is -2.12. The number of fused-ring (bicyclic) bond motifs is 10. The Morgan fingerprint density at radius 3 is 2.05 bits per heavy atom. The largest absolute Gasteiger partial charge is 0.437 e. The molecule has 256 valence electrons. The Hall–Kier alpha value is -7.08. The van der Waals surface area contributed by atoms with E-state index in [-0.39, 0.29) is 0 Å². The van der Waals surface area contributed by atoms with E-state index in [2.05, 4.69) is 180 Å². The molecule has 55 heavy (non-hydrogen) atoms. The SMILES string of the molecule is c1ccc(-n2c3ccccc3c3cccc(-c4ccc(-c5nc(-c6cccc7ccccc67)c6c(n5)oc5cc7sc8ccccc8c7cc56)cc4)c32)cc1. The van der Waals surface area contributed by atoms with E-state index >= 15 is 0 Å². The molecule has 4 nitrogen and oxygen atoms in total. The minimum absolute atomic E-state index is 0.589. The number of hydrogen-bond acceptors (Lipinski definition) is 4. The van der Waals surface area contributed by atoms with E-state index in [1.807, 2.05) is 0 Å². The van der Waals surface area contributed by atoms with Crippen LogP contribution >= 0.6 is 11.3 Å². The molecule has 0 bridgehead atoms. The highest BCUT2D eigenvalue weighted by atomic mass is 32.1. The lowest BCUT2D eigenvalue weighted by atomic mass is 9.98. The first kappa shape index (κ1) is 30.4. The van der Waals surface area contributed by atoms with Gasteiger partial charge in [0.05, 0.1) is 22.1 Å². The van der Waals surface area contributed by atoms with E-state index in [9.17, 15) is 0 Å². The standard InChI is InChI=1S/C50H29N3OS/c1-2-14-33(15-3-1)53-42-22-8-6-17-36(42)39-21-11-19-35(48(39)53)31-24-26-32(27-25-31)49-51-47(38-20-10-13-30-12-4-5-16-34(30)38)46-41-28-40-37-18-7-9-23-44(37)55-45(40)29-43(41)54-50(46)52-49/h1-29H. The number of nitrogens with zero attached hydrogens (tertiary/aromatic N) is 3. The van der Waals surface area contributed by atoms with E-state index < -0.39 is 0 Å². The van der Waals surface area contributed by atoms with Gasteiger partial charge in [0, 0.05) is 58.7 Å². The Kier molecular flexibility index (Phi) is 6.47. The first-order valence-electron chi connectivity index (χ1n) is 18.5. The molecule has 0 saturated carbocycles. The highest BCUT2D eigenvalue weighted by Crippen LogP contribution is 2.44. The van der Waals surface area contributed by atoms with Gasteiger partial charge < -0.3 is 8.98 Å². The maximum absolute atomic E-state index is 6.67. The summed E-state index contributed by atoms with van der Waals surface area (Å²) < 4.78 is 11.5. The molecule has 0 aliphatic carbocycles. The van der Waals surface area contributed by atoms with Crippen molar-refractivity contribution in [2.75, 3.05) is 0 Å². The maximum atomic E-state index is 6.67. The smallest absolute Gasteiger partial charge is 0.231 e. The molecule has 0 aliphatic rings. The Morgan fingerprint density at radius 1 is 0.473 bits per heavy atom. The zero-order valence-corrected chi connectivity index (χ0v) is 30.2. The van der Waals surface area contributed by atoms with Gasteiger partial charge in [0.25, 0.3) is 0 Å². The van der Waals surface area contributed by atoms with Crippen LogP contribution in [0.15, 0.2) is 180 Å². The lowest BCUT2D eigenvalue weighted by Crippen LogP contribution is -1.96. The zero-order chi connectivity index (χ0) is 36.0. The summed E-state index contributed by atoms with van der Waals surface area (Å²) in [6.45, 7) is 0. The van der Waals surface area contributed by atoms with Crippen LogP contribution in [-0.4, -0.2) is 14.5 Å². The summed E-state index contributed by atoms with van der Waals surface area (Å²) in [6, 6.07) is 62.6. The van der Waals surface area contributed by atoms with Crippen molar-refractivity contribution in [1.29, 1.82) is 0 Å². The van der Waals surface area contributed by atoms with Crippen LogP contribution in [0.5, 0.6) is 0 Å². The first-order chi connectivity index (χ1) is 27.3. The number of aromatic nitrogens is 3. The molecule has 0 amide bonds. The third-order valence-electron chi connectivity index (χ3n) is 11.0. The minimum Gasteiger partial charge on any atom is -0.437 e. The summed E-state index contributed by atoms with van der Waals surface area (Å²) in [5.41, 5.74) is 10.1. The Labute approximate surface area is 319 Å². The number of benzene rings is 8. The molecule has 0 atom stereocenters. The fraction of sp³-hybridized carbons (Fsp3) is 0. The van der Waals surface area contributed by atoms with Crippen LogP contribution in [0, 0.1) is 0 Å². The molecule has 5 heteroatoms. The first-order valence-corrected chi connectivity index (χ1v) is 19.3. The molecule has 0 aliphatic heterocycles. The monoisotopic (exact) mass is 719 g/mol. The van der Waals surface area contributed by atoms with Gasteiger partial charge in [-0.1, -0.05) is 140 Å². The number of hydrogen-bond donors (Lipinski definition) is 0. The molecule has 0 unspecified atom stereocenters. The second-order valence-corrected chi connectivity index (χ2v) is 15.2. The Morgan fingerprint density at radius 2 is 1.16 bits per heavy atom. The quantitative estimate of drug-likeness (QED) is 0.182. The van der Waals surface area contributed by atoms with Gasteiger partial charge in [0.2, 0.25) is 5.71 Å². The maximum Gasteiger partial charge on any atom is 0.231 e. The van der Waals surface area contributed by atoms with Crippen LogP contribution in [-0.2, 0) is 0 Å². The van der Waals surface area contributed by atoms with Crippen molar-refractivity contribution in [2.24, 2.45) is 0 Å². The lowest BCUT2D eigenvalue weighted by molar-refractivity contribution is 0.654. The van der Waals surface area contributed by atoms with Crippen LogP contribution in [0.2, 0.25) is 0 Å². The summed E-state index contributed by atoms with van der Waals surface area (Å²) in [5, 5.41) is 9.21. The van der Waals surface area contributed by atoms with Gasteiger partial charge >= 0.3 is 0 Å². The van der Waals surface area contributed by atoms with E-state index in [0.29, 0.717) is 11.5 Å². The van der Waals surface area contributed by atoms with Crippen LogP contribution in [0.1, 0.15) is 0 Å². The molecule has 0 saturated heterocycles. The molecule has 12 rings (SSSR count). The van der Waals surface area contributed by atoms with Crippen molar-refractivity contribution in [3.8, 4) is 39.5 Å². The van der Waals surface area contributed by atoms with Crippen molar-refractivity contribution < 1.29 is 4.42 Å². The average Bonchev–Trinajstić information content (AvgIpc) is 3.91. The van der Waals surface area contributed by atoms with Crippen LogP contribution in [0.3, 0.4) is 0 Å². The molecule has 12 aromatic rings. The molecule has 0 fully saturated rings. The zero-order valence-electron chi connectivity index (χ0n) is 29.4. The number of para-hydroxylation sites is 3. The van der Waals surface area contributed by atoms with E-state index in [1.54, 1.807) is 11.3 Å². The van der Waals surface area contributed by atoms with Gasteiger partial charge in [-0.3, -0.25) is 0 Å². The van der Waals surface area contributed by atoms with Gasteiger partial charge in [-0.15, -0.1) is 11.3 Å². The van der Waals surface area contributed by atoms with Gasteiger partial charge in [0.1, 0.15) is 5.58 Å². The molecular weight excluding hydrogens is 691 g/mol. The van der Waals surface area contributed by atoms with E-state index in [1.165, 1.54) is 52.9 Å². The minimum atomic E-state index is 0.589. The number of thiophene rings is 1. The summed E-state index contributed by atoms with van der Waals surface area (Å²) in [4.78, 5) is 10.5. The molecule has 4 aromatic heterocycles. The van der Waals surface area contributed by atoms with Gasteiger partial charge in [0.15, 0.2) is 5.82 Å². The van der Waals surface area contributed by atoms with Crippen molar-refractivity contribution in [3.63, 3.8) is 0 Å². The Balaban J connectivity index is 1.07. The van der Waals surface area contributed by atoms with Crippen LogP contribution in [0.4, 0.5) is 0 Å². The van der Waals surface area contributed by atoms with Crippen LogP contribution < -0.4 is 0 Å². The number of rotatable bonds is 4.